The Balaban J connectivity index is 2.18. The van der Waals surface area contributed by atoms with Crippen molar-refractivity contribution in [2.24, 2.45) is 0 Å². The van der Waals surface area contributed by atoms with Crippen LogP contribution in [-0.2, 0) is 0 Å². The van der Waals surface area contributed by atoms with Crippen LogP contribution in [0.5, 0.6) is 0 Å². The van der Waals surface area contributed by atoms with Crippen molar-refractivity contribution in [1.29, 1.82) is 0 Å². The van der Waals surface area contributed by atoms with Gasteiger partial charge >= 0.3 is 0 Å². The molecule has 1 unspecified atom stereocenters. The smallest absolute Gasteiger partial charge is 0.131 e. The zero-order chi connectivity index (χ0) is 13.0. The SMILES string of the molecule is CCCC(Nc1cc(Br)nc(C)n1)c1cccs1. The normalized spacial score (nSPS) is 12.4. The third-order valence-electron chi connectivity index (χ3n) is 2.59. The summed E-state index contributed by atoms with van der Waals surface area (Å²) in [6, 6.07) is 6.51. The standard InChI is InChI=1S/C13H16BrN3S/c1-3-5-10(11-6-4-7-18-11)17-13-8-12(14)15-9(2)16-13/h4,6-8,10H,3,5H2,1-2H3,(H,15,16,17). The topological polar surface area (TPSA) is 37.8 Å². The number of nitrogens with zero attached hydrogens (tertiary/aromatic N) is 2. The number of halogens is 1. The lowest BCUT2D eigenvalue weighted by Gasteiger charge is -2.17. The van der Waals surface area contributed by atoms with E-state index in [0.29, 0.717) is 6.04 Å². The van der Waals surface area contributed by atoms with Crippen LogP contribution in [0.3, 0.4) is 0 Å². The fourth-order valence-corrected chi connectivity index (χ4v) is 3.13. The van der Waals surface area contributed by atoms with E-state index in [4.69, 9.17) is 0 Å². The van der Waals surface area contributed by atoms with E-state index in [1.807, 2.05) is 13.0 Å². The Hall–Kier alpha value is -0.940. The monoisotopic (exact) mass is 325 g/mol. The van der Waals surface area contributed by atoms with Crippen LogP contribution in [0.2, 0.25) is 0 Å². The summed E-state index contributed by atoms with van der Waals surface area (Å²) in [5, 5.41) is 5.61. The molecule has 2 rings (SSSR count). The molecule has 2 aromatic rings. The number of rotatable bonds is 5. The van der Waals surface area contributed by atoms with Crippen LogP contribution in [0, 0.1) is 6.92 Å². The van der Waals surface area contributed by atoms with Gasteiger partial charge < -0.3 is 5.32 Å². The van der Waals surface area contributed by atoms with E-state index in [0.717, 1.165) is 29.1 Å². The van der Waals surface area contributed by atoms with Crippen molar-refractivity contribution in [3.05, 3.63) is 38.9 Å². The van der Waals surface area contributed by atoms with Crippen LogP contribution in [-0.4, -0.2) is 9.97 Å². The van der Waals surface area contributed by atoms with E-state index in [-0.39, 0.29) is 0 Å². The highest BCUT2D eigenvalue weighted by molar-refractivity contribution is 9.10. The molecular formula is C13H16BrN3S. The van der Waals surface area contributed by atoms with Gasteiger partial charge in [0.1, 0.15) is 16.2 Å². The third-order valence-corrected chi connectivity index (χ3v) is 3.99. The minimum Gasteiger partial charge on any atom is -0.362 e. The number of anilines is 1. The molecule has 18 heavy (non-hydrogen) atoms. The summed E-state index contributed by atoms with van der Waals surface area (Å²) < 4.78 is 0.818. The van der Waals surface area contributed by atoms with Crippen molar-refractivity contribution in [3.63, 3.8) is 0 Å². The van der Waals surface area contributed by atoms with E-state index in [1.165, 1.54) is 4.88 Å². The van der Waals surface area contributed by atoms with Crippen LogP contribution >= 0.6 is 27.3 Å². The van der Waals surface area contributed by atoms with E-state index >= 15 is 0 Å². The highest BCUT2D eigenvalue weighted by atomic mass is 79.9. The zero-order valence-electron chi connectivity index (χ0n) is 10.5. The van der Waals surface area contributed by atoms with E-state index in [9.17, 15) is 0 Å². The average molecular weight is 326 g/mol. The van der Waals surface area contributed by atoms with Crippen LogP contribution < -0.4 is 5.32 Å². The minimum absolute atomic E-state index is 0.330. The molecule has 0 saturated heterocycles. The van der Waals surface area contributed by atoms with Gasteiger partial charge in [0.25, 0.3) is 0 Å². The Kier molecular flexibility index (Phi) is 4.72. The van der Waals surface area contributed by atoms with Crippen LogP contribution in [0.1, 0.15) is 36.5 Å². The van der Waals surface area contributed by atoms with Gasteiger partial charge in [0.15, 0.2) is 0 Å². The van der Waals surface area contributed by atoms with Crippen molar-refractivity contribution in [2.45, 2.75) is 32.7 Å². The Morgan fingerprint density at radius 2 is 2.28 bits per heavy atom. The highest BCUT2D eigenvalue weighted by Gasteiger charge is 2.12. The van der Waals surface area contributed by atoms with E-state index in [1.54, 1.807) is 11.3 Å². The summed E-state index contributed by atoms with van der Waals surface area (Å²) in [7, 11) is 0. The second-order valence-corrected chi connectivity index (χ2v) is 5.92. The molecule has 2 heterocycles. The van der Waals surface area contributed by atoms with Gasteiger partial charge in [0.2, 0.25) is 0 Å². The fraction of sp³-hybridized carbons (Fsp3) is 0.385. The number of aromatic nitrogens is 2. The lowest BCUT2D eigenvalue weighted by molar-refractivity contribution is 0.683. The van der Waals surface area contributed by atoms with Gasteiger partial charge in [-0.1, -0.05) is 19.4 Å². The van der Waals surface area contributed by atoms with Gasteiger partial charge in [-0.15, -0.1) is 11.3 Å². The lowest BCUT2D eigenvalue weighted by Crippen LogP contribution is -2.11. The molecular weight excluding hydrogens is 310 g/mol. The molecule has 0 amide bonds. The predicted molar refractivity (Wildman–Crippen MR) is 80.1 cm³/mol. The van der Waals surface area contributed by atoms with Crippen LogP contribution in [0.25, 0.3) is 0 Å². The molecule has 0 aliphatic carbocycles. The molecule has 1 N–H and O–H groups in total. The molecule has 3 nitrogen and oxygen atoms in total. The molecule has 0 spiro atoms. The molecule has 0 aliphatic rings. The molecule has 0 radical (unpaired) electrons. The fourth-order valence-electron chi connectivity index (χ4n) is 1.85. The van der Waals surface area contributed by atoms with Gasteiger partial charge in [-0.2, -0.15) is 0 Å². The third kappa shape index (κ3) is 3.53. The average Bonchev–Trinajstić information content (AvgIpc) is 2.80. The van der Waals surface area contributed by atoms with Crippen molar-refractivity contribution in [2.75, 3.05) is 5.32 Å². The number of aryl methyl sites for hydroxylation is 1. The largest absolute Gasteiger partial charge is 0.362 e. The summed E-state index contributed by atoms with van der Waals surface area (Å²) >= 11 is 5.18. The summed E-state index contributed by atoms with van der Waals surface area (Å²) in [6.45, 7) is 4.10. The first-order chi connectivity index (χ1) is 8.69. The number of thiophene rings is 1. The molecule has 0 aliphatic heterocycles. The number of hydrogen-bond donors (Lipinski definition) is 1. The number of hydrogen-bond acceptors (Lipinski definition) is 4. The van der Waals surface area contributed by atoms with Crippen molar-refractivity contribution < 1.29 is 0 Å². The van der Waals surface area contributed by atoms with Crippen LogP contribution in [0.4, 0.5) is 5.82 Å². The van der Waals surface area contributed by atoms with Crippen molar-refractivity contribution >= 4 is 33.1 Å². The second-order valence-electron chi connectivity index (χ2n) is 4.12. The molecule has 0 bridgehead atoms. The molecule has 1 atom stereocenters. The van der Waals surface area contributed by atoms with Crippen LogP contribution in [0.15, 0.2) is 28.2 Å². The van der Waals surface area contributed by atoms with Gasteiger partial charge in [-0.05, 0) is 40.7 Å². The van der Waals surface area contributed by atoms with Gasteiger partial charge in [0, 0.05) is 10.9 Å². The Labute approximate surface area is 120 Å². The van der Waals surface area contributed by atoms with E-state index < -0.39 is 0 Å². The first kappa shape index (κ1) is 13.5. The van der Waals surface area contributed by atoms with Crippen molar-refractivity contribution in [1.82, 2.24) is 9.97 Å². The Morgan fingerprint density at radius 3 is 2.89 bits per heavy atom. The highest BCUT2D eigenvalue weighted by Crippen LogP contribution is 2.27. The lowest BCUT2D eigenvalue weighted by atomic mass is 10.1. The van der Waals surface area contributed by atoms with Gasteiger partial charge in [-0.25, -0.2) is 9.97 Å². The van der Waals surface area contributed by atoms with Gasteiger partial charge in [-0.3, -0.25) is 0 Å². The quantitative estimate of drug-likeness (QED) is 0.818. The molecule has 0 aromatic carbocycles. The molecule has 5 heteroatoms. The Morgan fingerprint density at radius 1 is 1.44 bits per heavy atom. The molecule has 2 aromatic heterocycles. The minimum atomic E-state index is 0.330. The van der Waals surface area contributed by atoms with Gasteiger partial charge in [0.05, 0.1) is 6.04 Å². The summed E-state index contributed by atoms with van der Waals surface area (Å²) in [6.07, 6.45) is 2.24. The predicted octanol–water partition coefficient (Wildman–Crippen LogP) is 4.56. The molecule has 96 valence electrons. The second kappa shape index (κ2) is 6.29. The van der Waals surface area contributed by atoms with Crippen molar-refractivity contribution in [3.8, 4) is 0 Å². The maximum atomic E-state index is 4.42. The number of nitrogens with one attached hydrogen (secondary N) is 1. The van der Waals surface area contributed by atoms with E-state index in [2.05, 4.69) is 55.7 Å². The maximum Gasteiger partial charge on any atom is 0.131 e. The first-order valence-corrected chi connectivity index (χ1v) is 7.67. The summed E-state index contributed by atoms with van der Waals surface area (Å²) in [4.78, 5) is 9.99. The molecule has 0 fully saturated rings. The Bertz CT molecular complexity index is 479. The summed E-state index contributed by atoms with van der Waals surface area (Å²) in [5.41, 5.74) is 0. The zero-order valence-corrected chi connectivity index (χ0v) is 12.9. The molecule has 0 saturated carbocycles. The maximum absolute atomic E-state index is 4.42. The summed E-state index contributed by atoms with van der Waals surface area (Å²) in [5.74, 6) is 1.65. The first-order valence-electron chi connectivity index (χ1n) is 6.00.